The summed E-state index contributed by atoms with van der Waals surface area (Å²) < 4.78 is 1.35. The van der Waals surface area contributed by atoms with Gasteiger partial charge in [0.2, 0.25) is 0 Å². The largest absolute Gasteiger partial charge is 0.476 e. The first-order valence-corrected chi connectivity index (χ1v) is 4.39. The summed E-state index contributed by atoms with van der Waals surface area (Å²) in [6.45, 7) is 7.16. The number of hydrogen-bond donors (Lipinski definition) is 1. The average molecular weight is 225 g/mol. The number of nitrogens with zero attached hydrogens (tertiary/aromatic N) is 2. The third-order valence-corrected chi connectivity index (χ3v) is 1.69. The van der Waals surface area contributed by atoms with Gasteiger partial charge in [-0.15, -0.1) is 0 Å². The van der Waals surface area contributed by atoms with Crippen LogP contribution >= 0.6 is 11.6 Å². The van der Waals surface area contributed by atoms with Crippen LogP contribution in [0.3, 0.4) is 0 Å². The first kappa shape index (κ1) is 11.3. The van der Waals surface area contributed by atoms with Crippen molar-refractivity contribution in [2.24, 2.45) is 0 Å². The second-order valence-corrected chi connectivity index (χ2v) is 3.21. The molecule has 0 fully saturated rings. The summed E-state index contributed by atoms with van der Waals surface area (Å²) in [6, 6.07) is 1.39. The van der Waals surface area contributed by atoms with Crippen molar-refractivity contribution in [2.75, 3.05) is 0 Å². The molecule has 0 radical (unpaired) electrons. The van der Waals surface area contributed by atoms with Crippen LogP contribution in [0, 0.1) is 0 Å². The molecule has 78 valence electrons. The third kappa shape index (κ3) is 3.11. The second kappa shape index (κ2) is 4.61. The summed E-state index contributed by atoms with van der Waals surface area (Å²) in [5.41, 5.74) is 0.471. The van der Waals surface area contributed by atoms with Gasteiger partial charge in [0.15, 0.2) is 5.69 Å². The van der Waals surface area contributed by atoms with Gasteiger partial charge in [-0.3, -0.25) is 0 Å². The zero-order valence-electron chi connectivity index (χ0n) is 7.85. The van der Waals surface area contributed by atoms with E-state index in [9.17, 15) is 4.79 Å². The van der Waals surface area contributed by atoms with Gasteiger partial charge in [-0.1, -0.05) is 24.8 Å². The van der Waals surface area contributed by atoms with E-state index in [4.69, 9.17) is 16.7 Å². The molecule has 0 saturated heterocycles. The molecule has 0 atom stereocenters. The van der Waals surface area contributed by atoms with Crippen LogP contribution < -0.4 is 0 Å². The van der Waals surface area contributed by atoms with E-state index in [2.05, 4.69) is 18.3 Å². The van der Waals surface area contributed by atoms with Gasteiger partial charge >= 0.3 is 5.97 Å². The molecule has 1 N–H and O–H groups in total. The lowest BCUT2D eigenvalue weighted by molar-refractivity contribution is 0.0690. The highest BCUT2D eigenvalue weighted by Gasteiger charge is 2.06. The second-order valence-electron chi connectivity index (χ2n) is 2.72. The lowest BCUT2D eigenvalue weighted by Crippen LogP contribution is -2.00. The van der Waals surface area contributed by atoms with Gasteiger partial charge < -0.3 is 5.11 Å². The summed E-state index contributed by atoms with van der Waals surface area (Å²) in [6.07, 6.45) is 4.65. The summed E-state index contributed by atoms with van der Waals surface area (Å²) >= 11 is 5.52. The standard InChI is InChI=1S/C10H9ClN2O2/c1-7(11)3-4-8(2)13-6-5-9(12-13)10(14)15/h3-6H,1-2H2,(H,14,15)/b4-3-. The number of rotatable bonds is 4. The predicted octanol–water partition coefficient (Wildman–Crippen LogP) is 2.36. The van der Waals surface area contributed by atoms with Crippen LogP contribution in [0.15, 0.2) is 42.6 Å². The van der Waals surface area contributed by atoms with Gasteiger partial charge in [0.25, 0.3) is 0 Å². The molecule has 0 saturated carbocycles. The zero-order chi connectivity index (χ0) is 11.4. The van der Waals surface area contributed by atoms with Gasteiger partial charge in [0.05, 0.1) is 5.70 Å². The van der Waals surface area contributed by atoms with Gasteiger partial charge in [0.1, 0.15) is 0 Å². The molecule has 15 heavy (non-hydrogen) atoms. The highest BCUT2D eigenvalue weighted by Crippen LogP contribution is 2.07. The normalized spacial score (nSPS) is 10.5. The van der Waals surface area contributed by atoms with Crippen LogP contribution in [0.4, 0.5) is 0 Å². The van der Waals surface area contributed by atoms with Gasteiger partial charge in [0, 0.05) is 11.2 Å². The molecule has 4 nitrogen and oxygen atoms in total. The van der Waals surface area contributed by atoms with Gasteiger partial charge in [-0.2, -0.15) is 5.10 Å². The minimum absolute atomic E-state index is 0.0331. The molecular formula is C10H9ClN2O2. The van der Waals surface area contributed by atoms with E-state index in [-0.39, 0.29) is 5.69 Å². The fraction of sp³-hybridized carbons (Fsp3) is 0. The monoisotopic (exact) mass is 224 g/mol. The molecule has 1 aromatic rings. The number of aromatic carboxylic acids is 1. The van der Waals surface area contributed by atoms with E-state index in [1.165, 1.54) is 16.9 Å². The van der Waals surface area contributed by atoms with Crippen molar-refractivity contribution in [2.45, 2.75) is 0 Å². The Labute approximate surface area is 91.8 Å². The molecule has 0 aliphatic rings. The topological polar surface area (TPSA) is 55.1 Å². The Bertz CT molecular complexity index is 446. The van der Waals surface area contributed by atoms with E-state index in [1.807, 2.05) is 0 Å². The van der Waals surface area contributed by atoms with Crippen molar-refractivity contribution >= 4 is 23.3 Å². The Hall–Kier alpha value is -1.81. The molecule has 1 rings (SSSR count). The predicted molar refractivity (Wildman–Crippen MR) is 58.6 cm³/mol. The lowest BCUT2D eigenvalue weighted by atomic mass is 10.4. The quantitative estimate of drug-likeness (QED) is 0.799. The number of allylic oxidation sites excluding steroid dienone is 4. The third-order valence-electron chi connectivity index (χ3n) is 1.56. The Kier molecular flexibility index (Phi) is 3.46. The minimum atomic E-state index is -1.08. The van der Waals surface area contributed by atoms with Crippen molar-refractivity contribution in [3.63, 3.8) is 0 Å². The molecular weight excluding hydrogens is 216 g/mol. The van der Waals surface area contributed by atoms with Crippen molar-refractivity contribution < 1.29 is 9.90 Å². The molecule has 0 aromatic carbocycles. The molecule has 5 heteroatoms. The minimum Gasteiger partial charge on any atom is -0.476 e. The van der Waals surface area contributed by atoms with E-state index in [0.29, 0.717) is 10.7 Å². The fourth-order valence-electron chi connectivity index (χ4n) is 0.861. The summed E-state index contributed by atoms with van der Waals surface area (Å²) in [5, 5.41) is 12.8. The number of carboxylic acid groups (broad SMARTS) is 1. The molecule has 0 aliphatic heterocycles. The Morgan fingerprint density at radius 2 is 2.20 bits per heavy atom. The highest BCUT2D eigenvalue weighted by molar-refractivity contribution is 6.30. The molecule has 0 spiro atoms. The number of halogens is 1. The first-order chi connectivity index (χ1) is 7.00. The molecule has 0 aliphatic carbocycles. The maximum absolute atomic E-state index is 10.5. The van der Waals surface area contributed by atoms with Crippen LogP contribution in [0.1, 0.15) is 10.5 Å². The molecule has 1 aromatic heterocycles. The SMILES string of the molecule is C=C(Cl)/C=C\C(=C)n1ccc(C(=O)O)n1. The van der Waals surface area contributed by atoms with Crippen LogP contribution in [0.2, 0.25) is 0 Å². The lowest BCUT2D eigenvalue weighted by Gasteiger charge is -1.98. The van der Waals surface area contributed by atoms with Crippen molar-refractivity contribution in [3.8, 4) is 0 Å². The van der Waals surface area contributed by atoms with E-state index in [1.54, 1.807) is 12.2 Å². The molecule has 0 bridgehead atoms. The summed E-state index contributed by atoms with van der Waals surface area (Å²) in [4.78, 5) is 10.5. The van der Waals surface area contributed by atoms with Crippen molar-refractivity contribution in [3.05, 3.63) is 48.3 Å². The average Bonchev–Trinajstić information content (AvgIpc) is 2.62. The molecule has 1 heterocycles. The van der Waals surface area contributed by atoms with Crippen LogP contribution in [0.5, 0.6) is 0 Å². The fourth-order valence-corrected chi connectivity index (χ4v) is 0.924. The Morgan fingerprint density at radius 3 is 2.67 bits per heavy atom. The Balaban J connectivity index is 2.83. The Morgan fingerprint density at radius 1 is 1.53 bits per heavy atom. The summed E-state index contributed by atoms with van der Waals surface area (Å²) in [5.74, 6) is -1.08. The highest BCUT2D eigenvalue weighted by atomic mass is 35.5. The maximum Gasteiger partial charge on any atom is 0.356 e. The number of aromatic nitrogens is 2. The number of hydrogen-bond acceptors (Lipinski definition) is 2. The number of carbonyl (C=O) groups is 1. The van der Waals surface area contributed by atoms with Crippen LogP contribution in [-0.4, -0.2) is 20.9 Å². The van der Waals surface area contributed by atoms with Crippen molar-refractivity contribution in [1.82, 2.24) is 9.78 Å². The summed E-state index contributed by atoms with van der Waals surface area (Å²) in [7, 11) is 0. The molecule has 0 unspecified atom stereocenters. The molecule has 0 amide bonds. The first-order valence-electron chi connectivity index (χ1n) is 4.01. The van der Waals surface area contributed by atoms with Gasteiger partial charge in [-0.05, 0) is 18.2 Å². The van der Waals surface area contributed by atoms with E-state index < -0.39 is 5.97 Å². The maximum atomic E-state index is 10.5. The van der Waals surface area contributed by atoms with E-state index in [0.717, 1.165) is 0 Å². The van der Waals surface area contributed by atoms with Crippen molar-refractivity contribution in [1.29, 1.82) is 0 Å². The number of carboxylic acids is 1. The van der Waals surface area contributed by atoms with Crippen LogP contribution in [-0.2, 0) is 0 Å². The smallest absolute Gasteiger partial charge is 0.356 e. The zero-order valence-corrected chi connectivity index (χ0v) is 8.61. The van der Waals surface area contributed by atoms with Crippen LogP contribution in [0.25, 0.3) is 5.70 Å². The van der Waals surface area contributed by atoms with E-state index >= 15 is 0 Å². The van der Waals surface area contributed by atoms with Gasteiger partial charge in [-0.25, -0.2) is 9.48 Å².